The molecule has 0 aliphatic heterocycles. The number of ether oxygens (including phenoxy) is 2. The Morgan fingerprint density at radius 2 is 1.47 bits per heavy atom. The Morgan fingerprint density at radius 1 is 0.853 bits per heavy atom. The van der Waals surface area contributed by atoms with E-state index in [1.807, 2.05) is 30.3 Å². The number of rotatable bonds is 8. The van der Waals surface area contributed by atoms with Crippen LogP contribution < -0.4 is 5.32 Å². The van der Waals surface area contributed by atoms with Gasteiger partial charge in [-0.3, -0.25) is 4.79 Å². The molecule has 6 nitrogen and oxygen atoms in total. The van der Waals surface area contributed by atoms with Crippen LogP contribution in [-0.2, 0) is 14.3 Å². The third-order valence-electron chi connectivity index (χ3n) is 5.65. The van der Waals surface area contributed by atoms with E-state index in [4.69, 9.17) is 9.47 Å². The van der Waals surface area contributed by atoms with Crippen LogP contribution in [0.4, 0.5) is 4.79 Å². The highest BCUT2D eigenvalue weighted by Gasteiger charge is 2.28. The quantitative estimate of drug-likeness (QED) is 0.294. The molecular formula is C28H25NO5. The smallest absolute Gasteiger partial charge is 0.407 e. The molecule has 0 saturated heterocycles. The fraction of sp³-hybridized carbons (Fsp3) is 0.179. The highest BCUT2D eigenvalue weighted by Crippen LogP contribution is 2.44. The first kappa shape index (κ1) is 23.0. The Hall–Kier alpha value is -4.19. The zero-order chi connectivity index (χ0) is 23.9. The number of carbonyl (C=O) groups is 3. The molecular weight excluding hydrogens is 430 g/mol. The summed E-state index contributed by atoms with van der Waals surface area (Å²) >= 11 is 0. The number of esters is 1. The second-order valence-corrected chi connectivity index (χ2v) is 7.78. The van der Waals surface area contributed by atoms with Gasteiger partial charge in [-0.1, -0.05) is 84.9 Å². The molecule has 0 unspecified atom stereocenters. The van der Waals surface area contributed by atoms with Crippen LogP contribution in [0, 0.1) is 0 Å². The number of carbonyl (C=O) groups excluding carboxylic acids is 3. The normalized spacial score (nSPS) is 12.1. The van der Waals surface area contributed by atoms with Crippen molar-refractivity contribution in [2.75, 3.05) is 19.8 Å². The van der Waals surface area contributed by atoms with E-state index >= 15 is 0 Å². The van der Waals surface area contributed by atoms with Crippen molar-refractivity contribution in [3.63, 3.8) is 0 Å². The van der Waals surface area contributed by atoms with Crippen molar-refractivity contribution in [2.24, 2.45) is 0 Å². The van der Waals surface area contributed by atoms with Gasteiger partial charge in [-0.05, 0) is 34.7 Å². The Bertz CT molecular complexity index is 1180. The molecule has 0 saturated carbocycles. The molecule has 1 aliphatic carbocycles. The van der Waals surface area contributed by atoms with Crippen molar-refractivity contribution in [1.82, 2.24) is 5.32 Å². The molecule has 3 aromatic carbocycles. The highest BCUT2D eigenvalue weighted by atomic mass is 16.5. The number of nitrogens with one attached hydrogen (secondary N) is 1. The lowest BCUT2D eigenvalue weighted by atomic mass is 9.98. The predicted octanol–water partition coefficient (Wildman–Crippen LogP) is 4.98. The number of fused-ring (bicyclic) bond motifs is 3. The maximum Gasteiger partial charge on any atom is 0.407 e. The zero-order valence-electron chi connectivity index (χ0n) is 18.8. The van der Waals surface area contributed by atoms with Gasteiger partial charge < -0.3 is 14.8 Å². The largest absolute Gasteiger partial charge is 0.460 e. The highest BCUT2D eigenvalue weighted by molar-refractivity contribution is 6.40. The van der Waals surface area contributed by atoms with Gasteiger partial charge >= 0.3 is 12.1 Å². The molecule has 0 bridgehead atoms. The van der Waals surface area contributed by atoms with E-state index < -0.39 is 17.8 Å². The van der Waals surface area contributed by atoms with Crippen molar-refractivity contribution in [1.29, 1.82) is 0 Å². The van der Waals surface area contributed by atoms with Crippen LogP contribution in [0.1, 0.15) is 39.9 Å². The summed E-state index contributed by atoms with van der Waals surface area (Å²) in [5.41, 5.74) is 5.81. The van der Waals surface area contributed by atoms with Crippen LogP contribution in [0.2, 0.25) is 0 Å². The molecule has 0 atom stereocenters. The topological polar surface area (TPSA) is 81.7 Å². The fourth-order valence-corrected chi connectivity index (χ4v) is 4.05. The molecule has 172 valence electrons. The van der Waals surface area contributed by atoms with Crippen LogP contribution in [0.15, 0.2) is 78.9 Å². The van der Waals surface area contributed by atoms with Crippen LogP contribution >= 0.6 is 0 Å². The van der Waals surface area contributed by atoms with Gasteiger partial charge in [0.2, 0.25) is 0 Å². The standard InChI is InChI=1S/C28H25NO5/c1-2-33-27(31)26(30)20-15-13-19(14-16-20)8-7-17-29-28(32)34-18-25-23-11-5-3-9-21(23)22-10-4-6-12-24(22)25/h3-16,25H,2,17-18H2,1H3,(H,29,32). The lowest BCUT2D eigenvalue weighted by Crippen LogP contribution is -2.26. The molecule has 34 heavy (non-hydrogen) atoms. The first-order valence-corrected chi connectivity index (χ1v) is 11.2. The van der Waals surface area contributed by atoms with E-state index in [1.165, 1.54) is 22.3 Å². The minimum atomic E-state index is -0.863. The van der Waals surface area contributed by atoms with E-state index in [1.54, 1.807) is 37.3 Å². The summed E-state index contributed by atoms with van der Waals surface area (Å²) in [6.45, 7) is 2.36. The number of hydrogen-bond acceptors (Lipinski definition) is 5. The summed E-state index contributed by atoms with van der Waals surface area (Å²) in [7, 11) is 0. The number of ketones is 1. The fourth-order valence-electron chi connectivity index (χ4n) is 4.05. The summed E-state index contributed by atoms with van der Waals surface area (Å²) in [5.74, 6) is -1.52. The second-order valence-electron chi connectivity index (χ2n) is 7.78. The first-order valence-electron chi connectivity index (χ1n) is 11.2. The van der Waals surface area contributed by atoms with Gasteiger partial charge in [0.1, 0.15) is 6.61 Å². The number of hydrogen-bond donors (Lipinski definition) is 1. The number of Topliss-reactive ketones (excluding diaryl/α,β-unsaturated/α-hetero) is 1. The van der Waals surface area contributed by atoms with Crippen molar-refractivity contribution >= 4 is 23.9 Å². The SMILES string of the molecule is CCOC(=O)C(=O)c1ccc(C=CCNC(=O)OCC2c3ccccc3-c3ccccc32)cc1. The minimum Gasteiger partial charge on any atom is -0.460 e. The number of alkyl carbamates (subject to hydrolysis) is 1. The van der Waals surface area contributed by atoms with Gasteiger partial charge in [-0.15, -0.1) is 0 Å². The van der Waals surface area contributed by atoms with E-state index in [0.717, 1.165) is 5.56 Å². The van der Waals surface area contributed by atoms with E-state index in [9.17, 15) is 14.4 Å². The van der Waals surface area contributed by atoms with Crippen molar-refractivity contribution in [3.05, 3.63) is 101 Å². The second kappa shape index (κ2) is 10.6. The molecule has 4 rings (SSSR count). The predicted molar refractivity (Wildman–Crippen MR) is 130 cm³/mol. The van der Waals surface area contributed by atoms with Gasteiger partial charge in [0.25, 0.3) is 5.78 Å². The molecule has 1 aliphatic rings. The van der Waals surface area contributed by atoms with E-state index in [0.29, 0.717) is 6.54 Å². The summed E-state index contributed by atoms with van der Waals surface area (Å²) in [6.07, 6.45) is 3.10. The monoisotopic (exact) mass is 455 g/mol. The molecule has 0 aromatic heterocycles. The lowest BCUT2D eigenvalue weighted by Gasteiger charge is -2.14. The Morgan fingerprint density at radius 3 is 2.09 bits per heavy atom. The minimum absolute atomic E-state index is 0.0181. The molecule has 3 aromatic rings. The lowest BCUT2D eigenvalue weighted by molar-refractivity contribution is -0.137. The van der Waals surface area contributed by atoms with E-state index in [2.05, 4.69) is 29.6 Å². The molecule has 1 amide bonds. The average Bonchev–Trinajstić information content (AvgIpc) is 3.19. The summed E-state index contributed by atoms with van der Waals surface area (Å²) in [5, 5.41) is 2.72. The van der Waals surface area contributed by atoms with Gasteiger partial charge in [-0.25, -0.2) is 9.59 Å². The summed E-state index contributed by atoms with van der Waals surface area (Å²) in [4.78, 5) is 35.7. The maximum absolute atomic E-state index is 12.2. The third kappa shape index (κ3) is 5.07. The van der Waals surface area contributed by atoms with Gasteiger partial charge in [0.05, 0.1) is 6.61 Å². The van der Waals surface area contributed by atoms with Crippen molar-refractivity contribution in [3.8, 4) is 11.1 Å². The summed E-state index contributed by atoms with van der Waals surface area (Å²) < 4.78 is 10.2. The summed E-state index contributed by atoms with van der Waals surface area (Å²) in [6, 6.07) is 23.0. The molecule has 0 spiro atoms. The Labute approximate surface area is 198 Å². The van der Waals surface area contributed by atoms with Crippen molar-refractivity contribution in [2.45, 2.75) is 12.8 Å². The number of benzene rings is 3. The van der Waals surface area contributed by atoms with Gasteiger partial charge in [0.15, 0.2) is 0 Å². The Balaban J connectivity index is 1.27. The Kier molecular flexibility index (Phi) is 7.18. The van der Waals surface area contributed by atoms with Crippen LogP contribution in [0.5, 0.6) is 0 Å². The van der Waals surface area contributed by atoms with E-state index in [-0.39, 0.29) is 24.7 Å². The molecule has 6 heteroatoms. The van der Waals surface area contributed by atoms with Crippen LogP contribution in [-0.4, -0.2) is 37.6 Å². The van der Waals surface area contributed by atoms with Crippen molar-refractivity contribution < 1.29 is 23.9 Å². The first-order chi connectivity index (χ1) is 16.6. The molecule has 0 fully saturated rings. The number of amides is 1. The van der Waals surface area contributed by atoms with Crippen LogP contribution in [0.3, 0.4) is 0 Å². The molecule has 0 heterocycles. The van der Waals surface area contributed by atoms with Gasteiger partial charge in [-0.2, -0.15) is 0 Å². The zero-order valence-corrected chi connectivity index (χ0v) is 18.8. The van der Waals surface area contributed by atoms with Gasteiger partial charge in [0, 0.05) is 18.0 Å². The molecule has 1 N–H and O–H groups in total. The third-order valence-corrected chi connectivity index (χ3v) is 5.65. The van der Waals surface area contributed by atoms with Crippen LogP contribution in [0.25, 0.3) is 17.2 Å². The average molecular weight is 456 g/mol. The molecule has 0 radical (unpaired) electrons. The maximum atomic E-state index is 12.2.